The van der Waals surface area contributed by atoms with Crippen molar-refractivity contribution in [2.75, 3.05) is 19.7 Å². The Morgan fingerprint density at radius 1 is 1.47 bits per heavy atom. The molecule has 1 saturated carbocycles. The molecule has 0 spiro atoms. The van der Waals surface area contributed by atoms with Crippen molar-refractivity contribution in [3.63, 3.8) is 0 Å². The van der Waals surface area contributed by atoms with Gasteiger partial charge in [0.25, 0.3) is 0 Å². The minimum atomic E-state index is -1.03. The van der Waals surface area contributed by atoms with Gasteiger partial charge in [0.05, 0.1) is 6.10 Å². The van der Waals surface area contributed by atoms with Crippen LogP contribution in [-0.2, 0) is 9.53 Å². The zero-order chi connectivity index (χ0) is 13.9. The predicted octanol–water partition coefficient (Wildman–Crippen LogP) is 1.21. The van der Waals surface area contributed by atoms with Crippen molar-refractivity contribution >= 4 is 5.97 Å². The van der Waals surface area contributed by atoms with Crippen molar-refractivity contribution in [3.05, 3.63) is 0 Å². The van der Waals surface area contributed by atoms with Crippen LogP contribution in [0.15, 0.2) is 0 Å². The fourth-order valence-electron chi connectivity index (χ4n) is 3.45. The molecule has 2 aliphatic rings. The first-order valence-electron chi connectivity index (χ1n) is 7.43. The number of nitrogens with two attached hydrogens (primary N) is 1. The van der Waals surface area contributed by atoms with E-state index < -0.39 is 11.5 Å². The number of carboxylic acids is 1. The lowest BCUT2D eigenvalue weighted by atomic mass is 9.78. The fraction of sp³-hybridized carbons (Fsp3) is 0.929. The second-order valence-corrected chi connectivity index (χ2v) is 5.93. The van der Waals surface area contributed by atoms with Crippen LogP contribution >= 0.6 is 0 Å². The van der Waals surface area contributed by atoms with Gasteiger partial charge in [0, 0.05) is 19.2 Å². The van der Waals surface area contributed by atoms with E-state index >= 15 is 0 Å². The van der Waals surface area contributed by atoms with Gasteiger partial charge in [-0.3, -0.25) is 9.69 Å². The Labute approximate surface area is 115 Å². The van der Waals surface area contributed by atoms with E-state index in [0.29, 0.717) is 25.0 Å². The minimum absolute atomic E-state index is 0.303. The van der Waals surface area contributed by atoms with Gasteiger partial charge in [-0.05, 0) is 52.0 Å². The predicted molar refractivity (Wildman–Crippen MR) is 73.0 cm³/mol. The Morgan fingerprint density at radius 3 is 2.95 bits per heavy atom. The molecule has 0 aromatic carbocycles. The molecule has 3 unspecified atom stereocenters. The summed E-state index contributed by atoms with van der Waals surface area (Å²) in [6, 6.07) is 0.304. The monoisotopic (exact) mass is 270 g/mol. The van der Waals surface area contributed by atoms with Gasteiger partial charge in [-0.15, -0.1) is 0 Å². The molecule has 5 heteroatoms. The number of likely N-dealkylation sites (tertiary alicyclic amines) is 1. The van der Waals surface area contributed by atoms with E-state index in [0.717, 1.165) is 45.4 Å². The number of aliphatic carboxylic acids is 1. The second kappa shape index (κ2) is 6.20. The first kappa shape index (κ1) is 14.8. The van der Waals surface area contributed by atoms with Gasteiger partial charge in [0.1, 0.15) is 5.54 Å². The third kappa shape index (κ3) is 3.46. The first-order chi connectivity index (χ1) is 9.05. The Balaban J connectivity index is 1.95. The van der Waals surface area contributed by atoms with Gasteiger partial charge in [0.2, 0.25) is 0 Å². The Morgan fingerprint density at radius 2 is 2.26 bits per heavy atom. The van der Waals surface area contributed by atoms with E-state index in [1.165, 1.54) is 0 Å². The number of carbonyl (C=O) groups is 1. The maximum atomic E-state index is 11.3. The molecule has 0 amide bonds. The van der Waals surface area contributed by atoms with Gasteiger partial charge in [-0.1, -0.05) is 0 Å². The molecule has 3 atom stereocenters. The highest BCUT2D eigenvalue weighted by Crippen LogP contribution is 2.31. The average molecular weight is 270 g/mol. The molecule has 1 aliphatic heterocycles. The lowest BCUT2D eigenvalue weighted by molar-refractivity contribution is -0.145. The summed E-state index contributed by atoms with van der Waals surface area (Å²) in [5.41, 5.74) is 5.01. The fourth-order valence-corrected chi connectivity index (χ4v) is 3.45. The van der Waals surface area contributed by atoms with Crippen molar-refractivity contribution in [2.45, 2.75) is 63.1 Å². The van der Waals surface area contributed by atoms with E-state index in [9.17, 15) is 9.90 Å². The summed E-state index contributed by atoms with van der Waals surface area (Å²) >= 11 is 0. The Hall–Kier alpha value is -0.650. The number of carboxylic acid groups (broad SMARTS) is 1. The quantitative estimate of drug-likeness (QED) is 0.803. The molecule has 5 nitrogen and oxygen atoms in total. The minimum Gasteiger partial charge on any atom is -0.480 e. The normalized spacial score (nSPS) is 37.2. The SMILES string of the molecule is CCOC1CCCN(C2CCCC(N)(C(=O)O)C2)C1. The van der Waals surface area contributed by atoms with Crippen LogP contribution in [0.1, 0.15) is 45.4 Å². The highest BCUT2D eigenvalue weighted by molar-refractivity contribution is 5.78. The zero-order valence-corrected chi connectivity index (χ0v) is 11.8. The summed E-state index contributed by atoms with van der Waals surface area (Å²) in [4.78, 5) is 13.7. The van der Waals surface area contributed by atoms with E-state index in [1.54, 1.807) is 0 Å². The molecule has 19 heavy (non-hydrogen) atoms. The van der Waals surface area contributed by atoms with Gasteiger partial charge < -0.3 is 15.6 Å². The molecule has 0 aromatic rings. The molecule has 1 aliphatic carbocycles. The highest BCUT2D eigenvalue weighted by Gasteiger charge is 2.41. The summed E-state index contributed by atoms with van der Waals surface area (Å²) < 4.78 is 5.71. The van der Waals surface area contributed by atoms with E-state index in [-0.39, 0.29) is 0 Å². The van der Waals surface area contributed by atoms with Crippen LogP contribution in [-0.4, -0.2) is 53.4 Å². The Kier molecular flexibility index (Phi) is 4.81. The van der Waals surface area contributed by atoms with Crippen molar-refractivity contribution in [3.8, 4) is 0 Å². The molecule has 2 fully saturated rings. The van der Waals surface area contributed by atoms with Crippen LogP contribution < -0.4 is 5.73 Å². The van der Waals surface area contributed by atoms with Crippen LogP contribution in [0.3, 0.4) is 0 Å². The number of nitrogens with zero attached hydrogens (tertiary/aromatic N) is 1. The summed E-state index contributed by atoms with van der Waals surface area (Å²) in [5.74, 6) is -0.851. The van der Waals surface area contributed by atoms with E-state index in [4.69, 9.17) is 10.5 Å². The maximum absolute atomic E-state index is 11.3. The largest absolute Gasteiger partial charge is 0.480 e. The van der Waals surface area contributed by atoms with Crippen LogP contribution in [0, 0.1) is 0 Å². The molecule has 0 aromatic heterocycles. The van der Waals surface area contributed by atoms with Crippen LogP contribution in [0.2, 0.25) is 0 Å². The maximum Gasteiger partial charge on any atom is 0.323 e. The van der Waals surface area contributed by atoms with E-state index in [2.05, 4.69) is 4.90 Å². The van der Waals surface area contributed by atoms with E-state index in [1.807, 2.05) is 6.92 Å². The van der Waals surface area contributed by atoms with Crippen LogP contribution in [0.5, 0.6) is 0 Å². The summed E-state index contributed by atoms with van der Waals surface area (Å²) in [7, 11) is 0. The third-order valence-corrected chi connectivity index (χ3v) is 4.51. The van der Waals surface area contributed by atoms with Gasteiger partial charge in [-0.2, -0.15) is 0 Å². The lowest BCUT2D eigenvalue weighted by Crippen LogP contribution is -2.57. The van der Waals surface area contributed by atoms with Gasteiger partial charge in [-0.25, -0.2) is 0 Å². The average Bonchev–Trinajstić information content (AvgIpc) is 2.39. The smallest absolute Gasteiger partial charge is 0.323 e. The van der Waals surface area contributed by atoms with Crippen molar-refractivity contribution in [1.29, 1.82) is 0 Å². The molecule has 110 valence electrons. The van der Waals surface area contributed by atoms with Crippen molar-refractivity contribution < 1.29 is 14.6 Å². The molecule has 3 N–H and O–H groups in total. The lowest BCUT2D eigenvalue weighted by Gasteiger charge is -2.43. The van der Waals surface area contributed by atoms with Crippen LogP contribution in [0.25, 0.3) is 0 Å². The Bertz CT molecular complexity index is 322. The number of hydrogen-bond acceptors (Lipinski definition) is 4. The molecule has 0 radical (unpaired) electrons. The molecule has 1 heterocycles. The summed E-state index contributed by atoms with van der Waals surface area (Å²) in [6.45, 7) is 4.74. The van der Waals surface area contributed by atoms with Crippen molar-refractivity contribution in [2.24, 2.45) is 5.73 Å². The van der Waals surface area contributed by atoms with Gasteiger partial charge >= 0.3 is 5.97 Å². The zero-order valence-electron chi connectivity index (χ0n) is 11.8. The molecule has 0 bridgehead atoms. The topological polar surface area (TPSA) is 75.8 Å². The molecule has 1 saturated heterocycles. The summed E-state index contributed by atoms with van der Waals surface area (Å²) in [5, 5.41) is 9.28. The standard InChI is InChI=1S/C14H26N2O3/c1-2-19-12-6-4-8-16(10-12)11-5-3-7-14(15,9-11)13(17)18/h11-12H,2-10,15H2,1H3,(H,17,18). The third-order valence-electron chi connectivity index (χ3n) is 4.51. The molecular formula is C14H26N2O3. The number of rotatable bonds is 4. The number of piperidine rings is 1. The number of hydrogen-bond donors (Lipinski definition) is 2. The highest BCUT2D eigenvalue weighted by atomic mass is 16.5. The first-order valence-corrected chi connectivity index (χ1v) is 7.43. The molecule has 2 rings (SSSR count). The van der Waals surface area contributed by atoms with Crippen LogP contribution in [0.4, 0.5) is 0 Å². The van der Waals surface area contributed by atoms with Gasteiger partial charge in [0.15, 0.2) is 0 Å². The second-order valence-electron chi connectivity index (χ2n) is 5.93. The number of ether oxygens (including phenoxy) is 1. The molecular weight excluding hydrogens is 244 g/mol. The summed E-state index contributed by atoms with van der Waals surface area (Å²) in [6.07, 6.45) is 5.69. The van der Waals surface area contributed by atoms with Crippen molar-refractivity contribution in [1.82, 2.24) is 4.90 Å².